The average molecular weight is 161 g/mol. The molecule has 2 rings (SSSR count). The number of nitrogen functional groups attached to an aromatic ring is 1. The zero-order chi connectivity index (χ0) is 8.55. The number of H-pyrrole nitrogens is 1. The highest BCUT2D eigenvalue weighted by Gasteiger charge is 2.01. The average Bonchev–Trinajstić information content (AvgIpc) is 2.47. The van der Waals surface area contributed by atoms with Crippen molar-refractivity contribution in [1.29, 1.82) is 0 Å². The number of nitrogens with zero attached hydrogens (tertiary/aromatic N) is 1. The van der Waals surface area contributed by atoms with Gasteiger partial charge in [0.05, 0.1) is 11.2 Å². The molecule has 0 bridgehead atoms. The van der Waals surface area contributed by atoms with E-state index in [4.69, 9.17) is 5.73 Å². The Hall–Kier alpha value is -1.51. The normalized spacial score (nSPS) is 10.8. The minimum Gasteiger partial charge on any atom is -0.396 e. The molecule has 3 nitrogen and oxygen atoms in total. The van der Waals surface area contributed by atoms with Crippen LogP contribution in [0.4, 0.5) is 5.69 Å². The van der Waals surface area contributed by atoms with Crippen LogP contribution in [0.3, 0.4) is 0 Å². The van der Waals surface area contributed by atoms with E-state index in [-0.39, 0.29) is 0 Å². The number of aromatic amines is 1. The number of pyridine rings is 1. The fourth-order valence-corrected chi connectivity index (χ4v) is 1.26. The van der Waals surface area contributed by atoms with Crippen molar-refractivity contribution < 1.29 is 0 Å². The first-order valence-corrected chi connectivity index (χ1v) is 4.03. The molecule has 0 aliphatic rings. The van der Waals surface area contributed by atoms with E-state index in [2.05, 4.69) is 16.9 Å². The molecule has 0 unspecified atom stereocenters. The summed E-state index contributed by atoms with van der Waals surface area (Å²) in [4.78, 5) is 7.45. The van der Waals surface area contributed by atoms with Gasteiger partial charge < -0.3 is 10.7 Å². The first kappa shape index (κ1) is 7.16. The summed E-state index contributed by atoms with van der Waals surface area (Å²) in [7, 11) is 0. The van der Waals surface area contributed by atoms with Gasteiger partial charge in [0, 0.05) is 11.9 Å². The molecule has 0 radical (unpaired) electrons. The lowest BCUT2D eigenvalue weighted by Gasteiger charge is -1.95. The number of aromatic nitrogens is 2. The Labute approximate surface area is 70.6 Å². The Morgan fingerprint density at radius 3 is 3.08 bits per heavy atom. The summed E-state index contributed by atoms with van der Waals surface area (Å²) in [6.07, 6.45) is 2.72. The zero-order valence-electron chi connectivity index (χ0n) is 6.96. The Morgan fingerprint density at radius 1 is 1.50 bits per heavy atom. The van der Waals surface area contributed by atoms with Crippen LogP contribution in [-0.2, 0) is 6.42 Å². The van der Waals surface area contributed by atoms with Crippen molar-refractivity contribution in [2.24, 2.45) is 0 Å². The Bertz CT molecular complexity index is 403. The van der Waals surface area contributed by atoms with Gasteiger partial charge in [0.1, 0.15) is 5.52 Å². The van der Waals surface area contributed by atoms with Crippen molar-refractivity contribution in [3.05, 3.63) is 24.0 Å². The molecule has 2 aromatic rings. The maximum Gasteiger partial charge on any atom is 0.111 e. The molecule has 0 aliphatic carbocycles. The van der Waals surface area contributed by atoms with Gasteiger partial charge in [-0.25, -0.2) is 4.98 Å². The first-order chi connectivity index (χ1) is 5.81. The maximum absolute atomic E-state index is 5.71. The molecule has 0 aromatic carbocycles. The smallest absolute Gasteiger partial charge is 0.111 e. The van der Waals surface area contributed by atoms with Crippen LogP contribution in [0.15, 0.2) is 18.3 Å². The highest BCUT2D eigenvalue weighted by Crippen LogP contribution is 2.17. The second-order valence-electron chi connectivity index (χ2n) is 2.80. The first-order valence-electron chi connectivity index (χ1n) is 4.03. The molecule has 62 valence electrons. The standard InChI is InChI=1S/C9H11N3/c1-2-6-3-4-8-9(12-6)7(10)5-11-8/h3-5,11H,2,10H2,1H3. The number of rotatable bonds is 1. The Balaban J connectivity index is 2.71. The molecular formula is C9H11N3. The van der Waals surface area contributed by atoms with Crippen molar-refractivity contribution in [2.45, 2.75) is 13.3 Å². The third-order valence-corrected chi connectivity index (χ3v) is 1.97. The monoisotopic (exact) mass is 161 g/mol. The Kier molecular flexibility index (Phi) is 1.50. The topological polar surface area (TPSA) is 54.7 Å². The van der Waals surface area contributed by atoms with Gasteiger partial charge in [0.25, 0.3) is 0 Å². The fraction of sp³-hybridized carbons (Fsp3) is 0.222. The predicted molar refractivity (Wildman–Crippen MR) is 49.9 cm³/mol. The number of nitrogens with two attached hydrogens (primary N) is 1. The van der Waals surface area contributed by atoms with E-state index in [9.17, 15) is 0 Å². The molecule has 3 heteroatoms. The summed E-state index contributed by atoms with van der Waals surface area (Å²) < 4.78 is 0. The molecule has 0 aliphatic heterocycles. The van der Waals surface area contributed by atoms with Crippen LogP contribution in [0.2, 0.25) is 0 Å². The molecule has 0 saturated carbocycles. The van der Waals surface area contributed by atoms with Crippen LogP contribution < -0.4 is 5.73 Å². The van der Waals surface area contributed by atoms with Gasteiger partial charge >= 0.3 is 0 Å². The van der Waals surface area contributed by atoms with E-state index >= 15 is 0 Å². The van der Waals surface area contributed by atoms with Crippen molar-refractivity contribution in [3.63, 3.8) is 0 Å². The number of aryl methyl sites for hydroxylation is 1. The molecule has 0 atom stereocenters. The number of nitrogens with one attached hydrogen (secondary N) is 1. The number of anilines is 1. The zero-order valence-corrected chi connectivity index (χ0v) is 6.96. The van der Waals surface area contributed by atoms with Crippen LogP contribution >= 0.6 is 0 Å². The molecule has 0 fully saturated rings. The van der Waals surface area contributed by atoms with Crippen LogP contribution in [0, 0.1) is 0 Å². The summed E-state index contributed by atoms with van der Waals surface area (Å²) >= 11 is 0. The van der Waals surface area contributed by atoms with Crippen LogP contribution in [0.1, 0.15) is 12.6 Å². The van der Waals surface area contributed by atoms with Gasteiger partial charge in [-0.15, -0.1) is 0 Å². The van der Waals surface area contributed by atoms with E-state index in [1.165, 1.54) is 0 Å². The lowest BCUT2D eigenvalue weighted by Crippen LogP contribution is -1.88. The minimum absolute atomic E-state index is 0.723. The number of fused-ring (bicyclic) bond motifs is 1. The molecule has 12 heavy (non-hydrogen) atoms. The van der Waals surface area contributed by atoms with Crippen LogP contribution in [-0.4, -0.2) is 9.97 Å². The van der Waals surface area contributed by atoms with Gasteiger partial charge in [0.15, 0.2) is 0 Å². The molecular weight excluding hydrogens is 150 g/mol. The van der Waals surface area contributed by atoms with Gasteiger partial charge in [0.2, 0.25) is 0 Å². The maximum atomic E-state index is 5.71. The lowest BCUT2D eigenvalue weighted by molar-refractivity contribution is 1.06. The quantitative estimate of drug-likeness (QED) is 0.669. The summed E-state index contributed by atoms with van der Waals surface area (Å²) in [6.45, 7) is 2.08. The minimum atomic E-state index is 0.723. The number of hydrogen-bond acceptors (Lipinski definition) is 2. The highest BCUT2D eigenvalue weighted by molar-refractivity contribution is 5.87. The van der Waals surface area contributed by atoms with Gasteiger partial charge in [-0.1, -0.05) is 6.92 Å². The van der Waals surface area contributed by atoms with Crippen LogP contribution in [0.25, 0.3) is 11.0 Å². The van der Waals surface area contributed by atoms with E-state index in [1.807, 2.05) is 12.1 Å². The van der Waals surface area contributed by atoms with Gasteiger partial charge in [-0.2, -0.15) is 0 Å². The molecule has 2 aromatic heterocycles. The Morgan fingerprint density at radius 2 is 2.33 bits per heavy atom. The van der Waals surface area contributed by atoms with E-state index in [0.29, 0.717) is 0 Å². The molecule has 0 spiro atoms. The summed E-state index contributed by atoms with van der Waals surface area (Å²) in [6, 6.07) is 4.02. The van der Waals surface area contributed by atoms with Crippen molar-refractivity contribution in [3.8, 4) is 0 Å². The SMILES string of the molecule is CCc1ccc2[nH]cc(N)c2n1. The third-order valence-electron chi connectivity index (χ3n) is 1.97. The molecule has 2 heterocycles. The van der Waals surface area contributed by atoms with Crippen molar-refractivity contribution >= 4 is 16.7 Å². The summed E-state index contributed by atoms with van der Waals surface area (Å²) in [5.74, 6) is 0. The highest BCUT2D eigenvalue weighted by atomic mass is 14.8. The van der Waals surface area contributed by atoms with E-state index in [0.717, 1.165) is 28.8 Å². The summed E-state index contributed by atoms with van der Waals surface area (Å²) in [5, 5.41) is 0. The van der Waals surface area contributed by atoms with Crippen LogP contribution in [0.5, 0.6) is 0 Å². The molecule has 0 saturated heterocycles. The third kappa shape index (κ3) is 0.942. The van der Waals surface area contributed by atoms with Crippen molar-refractivity contribution in [2.75, 3.05) is 5.73 Å². The van der Waals surface area contributed by atoms with E-state index < -0.39 is 0 Å². The molecule has 3 N–H and O–H groups in total. The summed E-state index contributed by atoms with van der Waals surface area (Å²) in [5.41, 5.74) is 9.39. The fourth-order valence-electron chi connectivity index (χ4n) is 1.26. The number of hydrogen-bond donors (Lipinski definition) is 2. The van der Waals surface area contributed by atoms with Gasteiger partial charge in [-0.3, -0.25) is 0 Å². The van der Waals surface area contributed by atoms with Crippen molar-refractivity contribution in [1.82, 2.24) is 9.97 Å². The second-order valence-corrected chi connectivity index (χ2v) is 2.80. The lowest BCUT2D eigenvalue weighted by atomic mass is 10.2. The van der Waals surface area contributed by atoms with Gasteiger partial charge in [-0.05, 0) is 18.6 Å². The largest absolute Gasteiger partial charge is 0.396 e. The molecule has 0 amide bonds. The van der Waals surface area contributed by atoms with E-state index in [1.54, 1.807) is 6.20 Å². The second kappa shape index (κ2) is 2.52. The predicted octanol–water partition coefficient (Wildman–Crippen LogP) is 1.71.